The van der Waals surface area contributed by atoms with Gasteiger partial charge in [0, 0.05) is 6.42 Å². The van der Waals surface area contributed by atoms with Crippen LogP contribution in [0, 0.1) is 0 Å². The number of Topliss-reactive ketones (excluding diaryl/α,β-unsaturated/α-hetero) is 1. The molecule has 0 fully saturated rings. The van der Waals surface area contributed by atoms with Crippen molar-refractivity contribution < 1.29 is 9.59 Å². The van der Waals surface area contributed by atoms with Crippen molar-refractivity contribution in [1.29, 1.82) is 0 Å². The van der Waals surface area contributed by atoms with Crippen LogP contribution in [0.4, 0.5) is 0 Å². The Morgan fingerprint density at radius 2 is 2.11 bits per heavy atom. The second-order valence-corrected chi connectivity index (χ2v) is 2.98. The van der Waals surface area contributed by atoms with E-state index < -0.39 is 6.04 Å². The second kappa shape index (κ2) is 3.94. The summed E-state index contributed by atoms with van der Waals surface area (Å²) in [6.07, 6.45) is 0.149. The fourth-order valence-corrected chi connectivity index (χ4v) is 0.791. The summed E-state index contributed by atoms with van der Waals surface area (Å²) in [4.78, 5) is 20.7. The van der Waals surface area contributed by atoms with Gasteiger partial charge in [-0.3, -0.25) is 9.59 Å². The van der Waals surface area contributed by atoms with Crippen LogP contribution in [0.5, 0.6) is 0 Å². The number of halogens is 1. The highest BCUT2D eigenvalue weighted by molar-refractivity contribution is 14.1. The molecule has 52 valence electrons. The third-order valence-corrected chi connectivity index (χ3v) is 1.34. The molecule has 0 amide bonds. The summed E-state index contributed by atoms with van der Waals surface area (Å²) in [6, 6.07) is -0.602. The van der Waals surface area contributed by atoms with Crippen molar-refractivity contribution in [3.8, 4) is 0 Å². The lowest BCUT2D eigenvalue weighted by atomic mass is 10.2. The standard InChI is InChI=1S/C5H8INO2/c1-3(8)4(7)2-5(6)9/h4H,2,7H2,1H3/t4-/m0/s1. The molecular formula is C5H8INO2. The van der Waals surface area contributed by atoms with Gasteiger partial charge in [-0.25, -0.2) is 0 Å². The van der Waals surface area contributed by atoms with E-state index in [-0.39, 0.29) is 16.0 Å². The SMILES string of the molecule is CC(=O)[C@@H](N)CC(=O)I. The summed E-state index contributed by atoms with van der Waals surface area (Å²) in [7, 11) is 0. The third kappa shape index (κ3) is 4.53. The predicted octanol–water partition coefficient (Wildman–Crippen LogP) is 0.254. The van der Waals surface area contributed by atoms with Gasteiger partial charge in [-0.05, 0) is 29.5 Å². The first-order chi connectivity index (χ1) is 4.04. The number of nitrogens with two attached hydrogens (primary N) is 1. The van der Waals surface area contributed by atoms with Crippen molar-refractivity contribution in [1.82, 2.24) is 0 Å². The van der Waals surface area contributed by atoms with Gasteiger partial charge in [0.1, 0.15) is 5.78 Å². The summed E-state index contributed by atoms with van der Waals surface area (Å²) in [5, 5.41) is 0. The second-order valence-electron chi connectivity index (χ2n) is 1.78. The minimum absolute atomic E-state index is 0.0738. The number of carbonyl (C=O) groups is 2. The Kier molecular flexibility index (Phi) is 3.96. The van der Waals surface area contributed by atoms with Crippen LogP contribution in [0.3, 0.4) is 0 Å². The van der Waals surface area contributed by atoms with Crippen LogP contribution >= 0.6 is 22.6 Å². The first-order valence-corrected chi connectivity index (χ1v) is 3.56. The molecule has 0 spiro atoms. The molecule has 0 bridgehead atoms. The maximum atomic E-state index is 10.4. The van der Waals surface area contributed by atoms with Crippen LogP contribution < -0.4 is 5.73 Å². The Labute approximate surface area is 67.1 Å². The Morgan fingerprint density at radius 3 is 2.22 bits per heavy atom. The Bertz CT molecular complexity index is 135. The number of ketones is 1. The van der Waals surface area contributed by atoms with E-state index >= 15 is 0 Å². The first-order valence-electron chi connectivity index (χ1n) is 2.48. The summed E-state index contributed by atoms with van der Waals surface area (Å²) in [5.74, 6) is -0.139. The summed E-state index contributed by atoms with van der Waals surface area (Å²) < 4.78 is -0.0738. The normalized spacial score (nSPS) is 12.8. The first kappa shape index (κ1) is 9.03. The van der Waals surface area contributed by atoms with Crippen molar-refractivity contribution in [3.63, 3.8) is 0 Å². The monoisotopic (exact) mass is 241 g/mol. The maximum absolute atomic E-state index is 10.4. The summed E-state index contributed by atoms with van der Waals surface area (Å²) in [6.45, 7) is 1.38. The fourth-order valence-electron chi connectivity index (χ4n) is 0.317. The molecule has 0 rings (SSSR count). The molecule has 4 heteroatoms. The molecule has 0 aromatic carbocycles. The quantitative estimate of drug-likeness (QED) is 0.569. The van der Waals surface area contributed by atoms with Crippen molar-refractivity contribution in [2.24, 2.45) is 5.73 Å². The van der Waals surface area contributed by atoms with E-state index in [1.54, 1.807) is 22.6 Å². The molecule has 0 unspecified atom stereocenters. The number of hydrogen-bond donors (Lipinski definition) is 1. The molecule has 0 aliphatic rings. The highest BCUT2D eigenvalue weighted by atomic mass is 127. The van der Waals surface area contributed by atoms with Gasteiger partial charge >= 0.3 is 0 Å². The Hall–Kier alpha value is 0.0300. The van der Waals surface area contributed by atoms with E-state index in [4.69, 9.17) is 5.73 Å². The van der Waals surface area contributed by atoms with Crippen molar-refractivity contribution in [2.75, 3.05) is 0 Å². The van der Waals surface area contributed by atoms with Crippen molar-refractivity contribution >= 4 is 32.2 Å². The van der Waals surface area contributed by atoms with E-state index in [1.807, 2.05) is 0 Å². The van der Waals surface area contributed by atoms with E-state index in [2.05, 4.69) is 0 Å². The zero-order chi connectivity index (χ0) is 7.44. The lowest BCUT2D eigenvalue weighted by molar-refractivity contribution is -0.120. The van der Waals surface area contributed by atoms with E-state index in [0.717, 1.165) is 0 Å². The average molecular weight is 241 g/mol. The molecule has 0 saturated carbocycles. The number of carbonyl (C=O) groups excluding carboxylic acids is 2. The van der Waals surface area contributed by atoms with Crippen LogP contribution in [-0.2, 0) is 9.59 Å². The highest BCUT2D eigenvalue weighted by Crippen LogP contribution is 1.96. The lowest BCUT2D eigenvalue weighted by Gasteiger charge is -2.01. The van der Waals surface area contributed by atoms with E-state index in [9.17, 15) is 9.59 Å². The average Bonchev–Trinajstić information content (AvgIpc) is 1.63. The predicted molar refractivity (Wildman–Crippen MR) is 42.3 cm³/mol. The molecule has 0 heterocycles. The number of rotatable bonds is 3. The molecule has 2 N–H and O–H groups in total. The third-order valence-electron chi connectivity index (χ3n) is 0.903. The van der Waals surface area contributed by atoms with Crippen LogP contribution in [-0.4, -0.2) is 15.6 Å². The van der Waals surface area contributed by atoms with Crippen molar-refractivity contribution in [3.05, 3.63) is 0 Å². The molecule has 0 aromatic heterocycles. The fraction of sp³-hybridized carbons (Fsp3) is 0.600. The van der Waals surface area contributed by atoms with Gasteiger partial charge in [0.05, 0.1) is 6.04 Å². The minimum atomic E-state index is -0.602. The zero-order valence-corrected chi connectivity index (χ0v) is 7.21. The molecule has 0 radical (unpaired) electrons. The highest BCUT2D eigenvalue weighted by Gasteiger charge is 2.10. The summed E-state index contributed by atoms with van der Waals surface area (Å²) >= 11 is 1.62. The molecule has 3 nitrogen and oxygen atoms in total. The lowest BCUT2D eigenvalue weighted by Crippen LogP contribution is -2.29. The van der Waals surface area contributed by atoms with Crippen LogP contribution in [0.15, 0.2) is 0 Å². The maximum Gasteiger partial charge on any atom is 0.194 e. The minimum Gasteiger partial charge on any atom is -0.321 e. The molecular weight excluding hydrogens is 233 g/mol. The largest absolute Gasteiger partial charge is 0.321 e. The van der Waals surface area contributed by atoms with Gasteiger partial charge in [0.15, 0.2) is 3.79 Å². The van der Waals surface area contributed by atoms with Gasteiger partial charge in [0.2, 0.25) is 0 Å². The van der Waals surface area contributed by atoms with Crippen LogP contribution in [0.25, 0.3) is 0 Å². The number of hydrogen-bond acceptors (Lipinski definition) is 3. The molecule has 0 aromatic rings. The van der Waals surface area contributed by atoms with E-state index in [1.165, 1.54) is 6.92 Å². The van der Waals surface area contributed by atoms with Crippen LogP contribution in [0.2, 0.25) is 0 Å². The van der Waals surface area contributed by atoms with Crippen LogP contribution in [0.1, 0.15) is 13.3 Å². The molecule has 1 atom stereocenters. The summed E-state index contributed by atoms with van der Waals surface area (Å²) in [5.41, 5.74) is 5.24. The topological polar surface area (TPSA) is 60.2 Å². The van der Waals surface area contributed by atoms with E-state index in [0.29, 0.717) is 0 Å². The molecule has 0 aliphatic carbocycles. The van der Waals surface area contributed by atoms with Gasteiger partial charge < -0.3 is 5.73 Å². The molecule has 0 saturated heterocycles. The van der Waals surface area contributed by atoms with Gasteiger partial charge in [-0.15, -0.1) is 0 Å². The molecule has 9 heavy (non-hydrogen) atoms. The molecule has 0 aliphatic heterocycles. The Morgan fingerprint density at radius 1 is 1.67 bits per heavy atom. The van der Waals surface area contributed by atoms with Gasteiger partial charge in [-0.1, -0.05) is 0 Å². The van der Waals surface area contributed by atoms with Crippen molar-refractivity contribution in [2.45, 2.75) is 19.4 Å². The van der Waals surface area contributed by atoms with Gasteiger partial charge in [-0.2, -0.15) is 0 Å². The Balaban J connectivity index is 3.63. The smallest absolute Gasteiger partial charge is 0.194 e. The zero-order valence-electron chi connectivity index (χ0n) is 5.06. The van der Waals surface area contributed by atoms with Gasteiger partial charge in [0.25, 0.3) is 0 Å².